The number of nitrogens with one attached hydrogen (secondary N) is 2. The quantitative estimate of drug-likeness (QED) is 0.730. The molecular weight excluding hydrogens is 244 g/mol. The maximum absolute atomic E-state index is 11.7. The molecule has 0 spiro atoms. The number of hydrogen-bond donors (Lipinski definition) is 3. The number of amides is 1. The van der Waals surface area contributed by atoms with Gasteiger partial charge in [0.25, 0.3) is 0 Å². The van der Waals surface area contributed by atoms with Gasteiger partial charge in [0.05, 0.1) is 5.56 Å². The molecule has 1 aromatic rings. The molecule has 0 saturated heterocycles. The monoisotopic (exact) mass is 262 g/mol. The lowest BCUT2D eigenvalue weighted by molar-refractivity contribution is -0.116. The Bertz CT molecular complexity index is 495. The molecule has 5 nitrogen and oxygen atoms in total. The lowest BCUT2D eigenvalue weighted by Crippen LogP contribution is -2.23. The summed E-state index contributed by atoms with van der Waals surface area (Å²) in [6.45, 7) is 2.40. The number of aryl methyl sites for hydroxylation is 1. The SMILES string of the molecule is Cc1cc(NC(=O)CCNC2CC2)ccc1C(=O)O. The van der Waals surface area contributed by atoms with Gasteiger partial charge < -0.3 is 15.7 Å². The summed E-state index contributed by atoms with van der Waals surface area (Å²) in [4.78, 5) is 22.5. The van der Waals surface area contributed by atoms with Crippen LogP contribution in [0.5, 0.6) is 0 Å². The summed E-state index contributed by atoms with van der Waals surface area (Å²) in [7, 11) is 0. The molecule has 0 radical (unpaired) electrons. The van der Waals surface area contributed by atoms with Crippen LogP contribution in [0, 0.1) is 6.92 Å². The molecular formula is C14H18N2O3. The lowest BCUT2D eigenvalue weighted by Gasteiger charge is -2.08. The first-order valence-electron chi connectivity index (χ1n) is 6.43. The number of carboxylic acids is 1. The van der Waals surface area contributed by atoms with E-state index in [2.05, 4.69) is 10.6 Å². The fourth-order valence-electron chi connectivity index (χ4n) is 1.88. The largest absolute Gasteiger partial charge is 0.478 e. The van der Waals surface area contributed by atoms with E-state index in [1.165, 1.54) is 18.9 Å². The third-order valence-electron chi connectivity index (χ3n) is 3.10. The molecule has 0 heterocycles. The van der Waals surface area contributed by atoms with Gasteiger partial charge in [-0.2, -0.15) is 0 Å². The van der Waals surface area contributed by atoms with Gasteiger partial charge in [-0.15, -0.1) is 0 Å². The van der Waals surface area contributed by atoms with E-state index in [1.807, 2.05) is 0 Å². The number of benzene rings is 1. The average Bonchev–Trinajstić information content (AvgIpc) is 3.12. The van der Waals surface area contributed by atoms with Gasteiger partial charge in [0.15, 0.2) is 0 Å². The first kappa shape index (κ1) is 13.5. The minimum atomic E-state index is -0.955. The maximum atomic E-state index is 11.7. The molecule has 19 heavy (non-hydrogen) atoms. The molecule has 102 valence electrons. The third kappa shape index (κ3) is 4.06. The summed E-state index contributed by atoms with van der Waals surface area (Å²) in [5.74, 6) is -1.01. The molecule has 1 aromatic carbocycles. The molecule has 0 bridgehead atoms. The summed E-state index contributed by atoms with van der Waals surface area (Å²) in [6.07, 6.45) is 2.84. The maximum Gasteiger partial charge on any atom is 0.335 e. The molecule has 0 atom stereocenters. The second kappa shape index (κ2) is 5.84. The predicted molar refractivity (Wildman–Crippen MR) is 72.4 cm³/mol. The highest BCUT2D eigenvalue weighted by Crippen LogP contribution is 2.18. The Balaban J connectivity index is 1.85. The van der Waals surface area contributed by atoms with Crippen molar-refractivity contribution in [2.45, 2.75) is 32.2 Å². The Kier molecular flexibility index (Phi) is 4.16. The van der Waals surface area contributed by atoms with Gasteiger partial charge in [0, 0.05) is 24.7 Å². The third-order valence-corrected chi connectivity index (χ3v) is 3.10. The first-order valence-corrected chi connectivity index (χ1v) is 6.43. The summed E-state index contributed by atoms with van der Waals surface area (Å²) < 4.78 is 0. The molecule has 1 amide bonds. The number of carbonyl (C=O) groups excluding carboxylic acids is 1. The zero-order valence-electron chi connectivity index (χ0n) is 10.9. The molecule has 0 unspecified atom stereocenters. The van der Waals surface area contributed by atoms with Crippen molar-refractivity contribution in [1.82, 2.24) is 5.32 Å². The van der Waals surface area contributed by atoms with Crippen LogP contribution in [0.2, 0.25) is 0 Å². The smallest absolute Gasteiger partial charge is 0.335 e. The summed E-state index contributed by atoms with van der Waals surface area (Å²) in [5.41, 5.74) is 1.54. The zero-order valence-corrected chi connectivity index (χ0v) is 10.9. The second-order valence-corrected chi connectivity index (χ2v) is 4.86. The minimum absolute atomic E-state index is 0.0596. The highest BCUT2D eigenvalue weighted by Gasteiger charge is 2.20. The van der Waals surface area contributed by atoms with E-state index in [-0.39, 0.29) is 11.5 Å². The van der Waals surface area contributed by atoms with Gasteiger partial charge in [-0.3, -0.25) is 4.79 Å². The number of rotatable bonds is 6. The van der Waals surface area contributed by atoms with Crippen molar-refractivity contribution in [3.63, 3.8) is 0 Å². The van der Waals surface area contributed by atoms with Crippen molar-refractivity contribution in [2.24, 2.45) is 0 Å². The normalized spacial score (nSPS) is 14.2. The highest BCUT2D eigenvalue weighted by molar-refractivity contribution is 5.93. The molecule has 5 heteroatoms. The molecule has 1 aliphatic carbocycles. The van der Waals surface area contributed by atoms with Crippen molar-refractivity contribution >= 4 is 17.6 Å². The first-order chi connectivity index (χ1) is 9.06. The molecule has 1 saturated carbocycles. The molecule has 2 rings (SSSR count). The Morgan fingerprint density at radius 2 is 2.11 bits per heavy atom. The fraction of sp³-hybridized carbons (Fsp3) is 0.429. The van der Waals surface area contributed by atoms with E-state index in [1.54, 1.807) is 19.1 Å². The number of hydrogen-bond acceptors (Lipinski definition) is 3. The van der Waals surface area contributed by atoms with Crippen LogP contribution < -0.4 is 10.6 Å². The van der Waals surface area contributed by atoms with Crippen molar-refractivity contribution in [1.29, 1.82) is 0 Å². The summed E-state index contributed by atoms with van der Waals surface area (Å²) in [5, 5.41) is 15.0. The van der Waals surface area contributed by atoms with Crippen LogP contribution in [0.3, 0.4) is 0 Å². The summed E-state index contributed by atoms with van der Waals surface area (Å²) in [6, 6.07) is 5.40. The van der Waals surface area contributed by atoms with Crippen molar-refractivity contribution in [2.75, 3.05) is 11.9 Å². The minimum Gasteiger partial charge on any atom is -0.478 e. The van der Waals surface area contributed by atoms with Crippen LogP contribution >= 0.6 is 0 Å². The topological polar surface area (TPSA) is 78.4 Å². The van der Waals surface area contributed by atoms with Crippen LogP contribution in [0.15, 0.2) is 18.2 Å². The molecule has 0 aromatic heterocycles. The second-order valence-electron chi connectivity index (χ2n) is 4.86. The van der Waals surface area contributed by atoms with E-state index >= 15 is 0 Å². The fourth-order valence-corrected chi connectivity index (χ4v) is 1.88. The Labute approximate surface area is 112 Å². The zero-order chi connectivity index (χ0) is 13.8. The number of carbonyl (C=O) groups is 2. The van der Waals surface area contributed by atoms with E-state index in [0.717, 1.165) is 0 Å². The van der Waals surface area contributed by atoms with Crippen molar-refractivity contribution in [3.8, 4) is 0 Å². The molecule has 1 aliphatic rings. The van der Waals surface area contributed by atoms with E-state index in [0.29, 0.717) is 30.3 Å². The van der Waals surface area contributed by atoms with Crippen LogP contribution in [-0.4, -0.2) is 29.6 Å². The van der Waals surface area contributed by atoms with Gasteiger partial charge in [-0.1, -0.05) is 0 Å². The van der Waals surface area contributed by atoms with Gasteiger partial charge in [-0.05, 0) is 43.5 Å². The van der Waals surface area contributed by atoms with Crippen molar-refractivity contribution < 1.29 is 14.7 Å². The van der Waals surface area contributed by atoms with E-state index in [4.69, 9.17) is 5.11 Å². The molecule has 3 N–H and O–H groups in total. The molecule has 0 aliphatic heterocycles. The summed E-state index contributed by atoms with van der Waals surface area (Å²) >= 11 is 0. The van der Waals surface area contributed by atoms with E-state index in [9.17, 15) is 9.59 Å². The number of carboxylic acid groups (broad SMARTS) is 1. The Morgan fingerprint density at radius 3 is 2.68 bits per heavy atom. The Morgan fingerprint density at radius 1 is 1.37 bits per heavy atom. The number of anilines is 1. The number of aromatic carboxylic acids is 1. The average molecular weight is 262 g/mol. The highest BCUT2D eigenvalue weighted by atomic mass is 16.4. The van der Waals surface area contributed by atoms with Crippen LogP contribution in [0.4, 0.5) is 5.69 Å². The van der Waals surface area contributed by atoms with Gasteiger partial charge in [0.2, 0.25) is 5.91 Å². The van der Waals surface area contributed by atoms with Gasteiger partial charge >= 0.3 is 5.97 Å². The van der Waals surface area contributed by atoms with Gasteiger partial charge in [0.1, 0.15) is 0 Å². The Hall–Kier alpha value is -1.88. The lowest BCUT2D eigenvalue weighted by atomic mass is 10.1. The molecule has 1 fully saturated rings. The van der Waals surface area contributed by atoms with Crippen LogP contribution in [-0.2, 0) is 4.79 Å². The standard InChI is InChI=1S/C14H18N2O3/c1-9-8-11(4-5-12(9)14(18)19)16-13(17)6-7-15-10-2-3-10/h4-5,8,10,15H,2-3,6-7H2,1H3,(H,16,17)(H,18,19). The van der Waals surface area contributed by atoms with Crippen molar-refractivity contribution in [3.05, 3.63) is 29.3 Å². The van der Waals surface area contributed by atoms with Crippen LogP contribution in [0.25, 0.3) is 0 Å². The van der Waals surface area contributed by atoms with Crippen LogP contribution in [0.1, 0.15) is 35.2 Å². The van der Waals surface area contributed by atoms with Gasteiger partial charge in [-0.25, -0.2) is 4.79 Å². The van der Waals surface area contributed by atoms with E-state index < -0.39 is 5.97 Å². The predicted octanol–water partition coefficient (Wildman–Crippen LogP) is 1.77.